The Morgan fingerprint density at radius 2 is 0.614 bits per heavy atom. The number of aromatic amines is 2. The molecule has 13 heteroatoms. The van der Waals surface area contributed by atoms with E-state index >= 15 is 0 Å². The van der Waals surface area contributed by atoms with Gasteiger partial charge in [0.05, 0.1) is 22.8 Å². The highest BCUT2D eigenvalue weighted by atomic mass is 19.5. The molecule has 2 aliphatic heterocycles. The first-order valence-corrected chi connectivity index (χ1v) is 18.1. The average Bonchev–Trinajstić information content (AvgIpc) is 3.99. The molecule has 0 atom stereocenters. The van der Waals surface area contributed by atoms with Crippen LogP contribution in [0, 0.1) is 27.7 Å². The maximum Gasteiger partial charge on any atom is 0.673 e. The fourth-order valence-electron chi connectivity index (χ4n) is 7.22. The van der Waals surface area contributed by atoms with E-state index in [4.69, 9.17) is 9.97 Å². The molecule has 9 heterocycles. The van der Waals surface area contributed by atoms with Crippen LogP contribution >= 0.6 is 0 Å². The summed E-state index contributed by atoms with van der Waals surface area (Å²) in [6.45, 7) is 8.05. The highest BCUT2D eigenvalue weighted by Crippen LogP contribution is 2.38. The largest absolute Gasteiger partial charge is 0.673 e. The van der Waals surface area contributed by atoms with E-state index in [-0.39, 0.29) is 0 Å². The van der Waals surface area contributed by atoms with Crippen LogP contribution in [0.2, 0.25) is 0 Å². The van der Waals surface area contributed by atoms with Gasteiger partial charge >= 0.3 is 7.25 Å². The van der Waals surface area contributed by atoms with E-state index in [1.807, 2.05) is 76.7 Å². The quantitative estimate of drug-likeness (QED) is 0.137. The third-order valence-electron chi connectivity index (χ3n) is 9.50. The normalized spacial score (nSPS) is 12.1. The van der Waals surface area contributed by atoms with Crippen LogP contribution in [0.5, 0.6) is 0 Å². The van der Waals surface area contributed by atoms with E-state index in [0.717, 1.165) is 112 Å². The Balaban J connectivity index is 0.000000859. The van der Waals surface area contributed by atoms with Crippen LogP contribution in [-0.4, -0.2) is 47.1 Å². The minimum atomic E-state index is -6.00. The van der Waals surface area contributed by atoms with Gasteiger partial charge in [-0.3, -0.25) is 19.9 Å². The molecule has 0 spiro atoms. The number of nitrogens with one attached hydrogen (secondary N) is 2. The predicted octanol–water partition coefficient (Wildman–Crippen LogP) is 11.4. The van der Waals surface area contributed by atoms with Crippen molar-refractivity contribution >= 4 is 53.6 Å². The first kappa shape index (κ1) is 36.9. The summed E-state index contributed by atoms with van der Waals surface area (Å²) in [6, 6.07) is 25.2. The van der Waals surface area contributed by atoms with Gasteiger partial charge in [-0.05, 0) is 147 Å². The van der Waals surface area contributed by atoms with Crippen LogP contribution in [0.25, 0.3) is 90.9 Å². The van der Waals surface area contributed by atoms with E-state index in [9.17, 15) is 17.3 Å². The minimum absolute atomic E-state index is 0.852. The first-order valence-electron chi connectivity index (χ1n) is 18.1. The molecule has 2 N–H and O–H groups in total. The van der Waals surface area contributed by atoms with Crippen molar-refractivity contribution in [2.45, 2.75) is 27.7 Å². The van der Waals surface area contributed by atoms with Gasteiger partial charge < -0.3 is 27.2 Å². The molecule has 0 aliphatic carbocycles. The molecule has 57 heavy (non-hydrogen) atoms. The highest BCUT2D eigenvalue weighted by molar-refractivity contribution is 6.50. The number of fused-ring (bicyclic) bond motifs is 8. The third kappa shape index (κ3) is 7.90. The van der Waals surface area contributed by atoms with Crippen LogP contribution in [0.1, 0.15) is 45.6 Å². The van der Waals surface area contributed by atoms with Gasteiger partial charge in [0.1, 0.15) is 0 Å². The average molecular weight is 762 g/mol. The van der Waals surface area contributed by atoms with Gasteiger partial charge in [-0.15, -0.1) is 0 Å². The Morgan fingerprint density at radius 1 is 0.386 bits per heavy atom. The second-order valence-corrected chi connectivity index (χ2v) is 13.7. The number of aromatic nitrogens is 8. The molecule has 0 aromatic carbocycles. The van der Waals surface area contributed by atoms with Gasteiger partial charge in [0.2, 0.25) is 0 Å². The summed E-state index contributed by atoms with van der Waals surface area (Å²) in [4.78, 5) is 36.4. The predicted molar refractivity (Wildman–Crippen MR) is 221 cm³/mol. The molecule has 9 rings (SSSR count). The highest BCUT2D eigenvalue weighted by Gasteiger charge is 2.21. The Bertz CT molecular complexity index is 2550. The topological polar surface area (TPSA) is 109 Å². The molecule has 0 saturated heterocycles. The van der Waals surface area contributed by atoms with Crippen molar-refractivity contribution in [2.24, 2.45) is 0 Å². The molecule has 8 bridgehead atoms. The molecule has 8 nitrogen and oxygen atoms in total. The molecule has 7 aromatic rings. The Labute approximate surface area is 325 Å². The molecule has 0 unspecified atom stereocenters. The Kier molecular flexibility index (Phi) is 9.66. The summed E-state index contributed by atoms with van der Waals surface area (Å²) in [7, 11) is -6.00. The number of hydrogen-bond acceptors (Lipinski definition) is 6. The lowest BCUT2D eigenvalue weighted by atomic mass is 10.0. The fraction of sp³-hybridized carbons (Fsp3) is 0.0909. The number of rotatable bonds is 4. The van der Waals surface area contributed by atoms with E-state index < -0.39 is 7.25 Å². The fourth-order valence-corrected chi connectivity index (χ4v) is 7.22. The third-order valence-corrected chi connectivity index (χ3v) is 9.50. The van der Waals surface area contributed by atoms with Crippen LogP contribution in [0.4, 0.5) is 17.3 Å². The summed E-state index contributed by atoms with van der Waals surface area (Å²) in [5.41, 5.74) is 18.9. The van der Waals surface area contributed by atoms with E-state index in [2.05, 4.69) is 103 Å². The van der Waals surface area contributed by atoms with Crippen molar-refractivity contribution in [1.29, 1.82) is 0 Å². The maximum absolute atomic E-state index is 9.75. The number of nitrogens with zero attached hydrogens (tertiary/aromatic N) is 6. The van der Waals surface area contributed by atoms with Crippen LogP contribution in [-0.2, 0) is 0 Å². The van der Waals surface area contributed by atoms with Crippen molar-refractivity contribution in [2.75, 3.05) is 0 Å². The number of halogens is 4. The van der Waals surface area contributed by atoms with E-state index in [1.165, 1.54) is 0 Å². The first-order chi connectivity index (χ1) is 27.4. The van der Waals surface area contributed by atoms with Crippen molar-refractivity contribution < 1.29 is 17.3 Å². The zero-order valence-corrected chi connectivity index (χ0v) is 31.3. The van der Waals surface area contributed by atoms with Gasteiger partial charge in [-0.2, -0.15) is 0 Å². The SMILES string of the molecule is Cc1cc(-c2c3nc(c(-c4ccnc(C)c4)c4ccc([nH]4)c(-c4ccnc(C)c4)c4nc(c(-c5ccnc(C)c5)c5ccc2[nH]5)C=C4)C=C3)ccn1.F[B-](F)(F)F. The number of pyridine rings is 4. The summed E-state index contributed by atoms with van der Waals surface area (Å²) >= 11 is 0. The van der Waals surface area contributed by atoms with Gasteiger partial charge in [0, 0.05) is 91.9 Å². The van der Waals surface area contributed by atoms with E-state index in [0.29, 0.717) is 0 Å². The van der Waals surface area contributed by atoms with Crippen LogP contribution in [0.15, 0.2) is 97.6 Å². The zero-order chi connectivity index (χ0) is 39.8. The van der Waals surface area contributed by atoms with E-state index in [1.54, 1.807) is 0 Å². The van der Waals surface area contributed by atoms with Gasteiger partial charge in [0.15, 0.2) is 0 Å². The summed E-state index contributed by atoms with van der Waals surface area (Å²) in [5, 5.41) is 0. The summed E-state index contributed by atoms with van der Waals surface area (Å²) in [6.07, 6.45) is 15.8. The number of H-pyrrole nitrogens is 2. The van der Waals surface area contributed by atoms with Gasteiger partial charge in [-0.25, -0.2) is 9.97 Å². The molecular formula is C44H34BF4N8-. The molecular weight excluding hydrogens is 727 g/mol. The summed E-state index contributed by atoms with van der Waals surface area (Å²) < 4.78 is 39.0. The lowest BCUT2D eigenvalue weighted by molar-refractivity contribution is 0.368. The van der Waals surface area contributed by atoms with Crippen molar-refractivity contribution in [1.82, 2.24) is 39.9 Å². The molecule has 7 aromatic heterocycles. The second-order valence-electron chi connectivity index (χ2n) is 13.7. The molecule has 0 fully saturated rings. The smallest absolute Gasteiger partial charge is 0.418 e. The van der Waals surface area contributed by atoms with Crippen molar-refractivity contribution in [3.8, 4) is 44.5 Å². The number of hydrogen-bond donors (Lipinski definition) is 2. The molecule has 0 radical (unpaired) electrons. The second kappa shape index (κ2) is 14.9. The number of aryl methyl sites for hydroxylation is 4. The minimum Gasteiger partial charge on any atom is -0.418 e. The Hall–Kier alpha value is -7.02. The molecule has 282 valence electrons. The maximum atomic E-state index is 9.75. The van der Waals surface area contributed by atoms with Crippen molar-refractivity contribution in [3.63, 3.8) is 0 Å². The zero-order valence-electron chi connectivity index (χ0n) is 31.3. The standard InChI is InChI=1S/C44H34N8.BF4/c1-25-21-29(13-17-45-25)41-33-5-7-35(49-33)42(30-14-18-46-26(2)22-30)37-9-11-39(51-37)44(32-16-20-48-28(4)24-32)40-12-10-38(52-40)43(36-8-6-34(41)50-36)31-15-19-47-27(3)23-31;2-1(3,4)5/h5-24,49,52H,1-4H3;/q;-1. The lowest BCUT2D eigenvalue weighted by Crippen LogP contribution is -2.02. The lowest BCUT2D eigenvalue weighted by Gasteiger charge is -2.07. The molecule has 0 amide bonds. The summed E-state index contributed by atoms with van der Waals surface area (Å²) in [5.74, 6) is 0. The van der Waals surface area contributed by atoms with Gasteiger partial charge in [-0.1, -0.05) is 0 Å². The Morgan fingerprint density at radius 3 is 0.825 bits per heavy atom. The van der Waals surface area contributed by atoms with Crippen LogP contribution in [0.3, 0.4) is 0 Å². The molecule has 2 aliphatic rings. The monoisotopic (exact) mass is 761 g/mol. The van der Waals surface area contributed by atoms with Gasteiger partial charge in [0.25, 0.3) is 0 Å². The molecule has 0 saturated carbocycles. The van der Waals surface area contributed by atoms with Crippen molar-refractivity contribution in [3.05, 3.63) is 143 Å². The van der Waals surface area contributed by atoms with Crippen LogP contribution < -0.4 is 0 Å².